The molecule has 144 valence electrons. The summed E-state index contributed by atoms with van der Waals surface area (Å²) in [4.78, 5) is 18.4. The van der Waals surface area contributed by atoms with Crippen LogP contribution in [0.5, 0.6) is 0 Å². The second-order valence-electron chi connectivity index (χ2n) is 7.74. The van der Waals surface area contributed by atoms with Crippen LogP contribution in [0.1, 0.15) is 37.0 Å². The average molecular weight is 374 g/mol. The summed E-state index contributed by atoms with van der Waals surface area (Å²) in [5, 5.41) is 0. The van der Waals surface area contributed by atoms with Gasteiger partial charge in [-0.25, -0.2) is 10.8 Å². The van der Waals surface area contributed by atoms with E-state index in [1.807, 2.05) is 36.4 Å². The number of anilines is 1. The first kappa shape index (κ1) is 18.4. The molecule has 0 unspecified atom stereocenters. The van der Waals surface area contributed by atoms with Crippen LogP contribution in [0, 0.1) is 0 Å². The molecule has 0 saturated heterocycles. The summed E-state index contributed by atoms with van der Waals surface area (Å²) in [5.41, 5.74) is 7.43. The van der Waals surface area contributed by atoms with Crippen molar-refractivity contribution in [3.63, 3.8) is 0 Å². The summed E-state index contributed by atoms with van der Waals surface area (Å²) in [6.45, 7) is 4.84. The number of fused-ring (bicyclic) bond motifs is 3. The number of nitrogens with one attached hydrogen (secondary N) is 1. The number of hydrogen-bond acceptors (Lipinski definition) is 4. The molecule has 2 aromatic carbocycles. The van der Waals surface area contributed by atoms with Crippen molar-refractivity contribution in [2.45, 2.75) is 45.1 Å². The highest BCUT2D eigenvalue weighted by Crippen LogP contribution is 2.42. The molecule has 4 rings (SSSR count). The number of nitrogens with zero attached hydrogens (tertiary/aromatic N) is 2. The lowest BCUT2D eigenvalue weighted by Crippen LogP contribution is -2.40. The summed E-state index contributed by atoms with van der Waals surface area (Å²) in [6.07, 6.45) is 2.46. The van der Waals surface area contributed by atoms with Crippen molar-refractivity contribution in [2.75, 3.05) is 5.43 Å². The van der Waals surface area contributed by atoms with Gasteiger partial charge in [0.25, 0.3) is 5.56 Å². The number of benzene rings is 2. The van der Waals surface area contributed by atoms with Gasteiger partial charge in [-0.1, -0.05) is 68.4 Å². The number of aryl methyl sites for hydroxylation is 1. The molecule has 3 aromatic rings. The molecule has 0 fully saturated rings. The van der Waals surface area contributed by atoms with Crippen LogP contribution in [0.15, 0.2) is 59.4 Å². The Labute approximate surface area is 165 Å². The highest BCUT2D eigenvalue weighted by Gasteiger charge is 2.38. The molecule has 5 heteroatoms. The third-order valence-corrected chi connectivity index (χ3v) is 6.00. The molecule has 0 spiro atoms. The Morgan fingerprint density at radius 3 is 2.57 bits per heavy atom. The first-order valence-corrected chi connectivity index (χ1v) is 9.81. The number of rotatable bonds is 5. The predicted octanol–water partition coefficient (Wildman–Crippen LogP) is 3.66. The quantitative estimate of drug-likeness (QED) is 0.528. The zero-order valence-corrected chi connectivity index (χ0v) is 16.4. The molecule has 1 aliphatic carbocycles. The third-order valence-electron chi connectivity index (χ3n) is 6.00. The van der Waals surface area contributed by atoms with Crippen LogP contribution in [0.4, 0.5) is 5.95 Å². The molecule has 0 saturated carbocycles. The summed E-state index contributed by atoms with van der Waals surface area (Å²) in [6, 6.07) is 18.4. The van der Waals surface area contributed by atoms with Crippen molar-refractivity contribution < 1.29 is 0 Å². The van der Waals surface area contributed by atoms with E-state index in [1.165, 1.54) is 11.1 Å². The van der Waals surface area contributed by atoms with Gasteiger partial charge in [-0.3, -0.25) is 14.8 Å². The fraction of sp³-hybridized carbons (Fsp3) is 0.304. The monoisotopic (exact) mass is 374 g/mol. The van der Waals surface area contributed by atoms with Gasteiger partial charge in [0, 0.05) is 17.5 Å². The largest absolute Gasteiger partial charge is 0.294 e. The molecule has 0 aliphatic heterocycles. The first-order chi connectivity index (χ1) is 13.6. The molecular formula is C23H26N4O. The molecule has 28 heavy (non-hydrogen) atoms. The Kier molecular flexibility index (Phi) is 4.77. The zero-order chi connectivity index (χ0) is 19.7. The zero-order valence-electron chi connectivity index (χ0n) is 16.4. The molecule has 5 nitrogen and oxygen atoms in total. The summed E-state index contributed by atoms with van der Waals surface area (Å²) in [5.74, 6) is 6.18. The molecule has 0 radical (unpaired) electrons. The van der Waals surface area contributed by atoms with E-state index in [9.17, 15) is 4.79 Å². The van der Waals surface area contributed by atoms with Crippen LogP contribution >= 0.6 is 0 Å². The van der Waals surface area contributed by atoms with Gasteiger partial charge in [0.2, 0.25) is 5.95 Å². The van der Waals surface area contributed by atoms with Crippen molar-refractivity contribution in [3.05, 3.63) is 81.6 Å². The first-order valence-electron chi connectivity index (χ1n) is 9.81. The number of aromatic nitrogens is 2. The van der Waals surface area contributed by atoms with E-state index >= 15 is 0 Å². The topological polar surface area (TPSA) is 72.9 Å². The van der Waals surface area contributed by atoms with Gasteiger partial charge in [0.15, 0.2) is 0 Å². The lowest BCUT2D eigenvalue weighted by Gasteiger charge is -2.35. The smallest absolute Gasteiger partial charge is 0.259 e. The lowest BCUT2D eigenvalue weighted by atomic mass is 9.69. The molecular weight excluding hydrogens is 348 g/mol. The number of hydrazine groups is 1. The summed E-state index contributed by atoms with van der Waals surface area (Å²) in [7, 11) is 0. The van der Waals surface area contributed by atoms with E-state index < -0.39 is 0 Å². The van der Waals surface area contributed by atoms with Crippen LogP contribution < -0.4 is 16.8 Å². The molecule has 1 aliphatic rings. The summed E-state index contributed by atoms with van der Waals surface area (Å²) >= 11 is 0. The second-order valence-corrected chi connectivity index (χ2v) is 7.74. The van der Waals surface area contributed by atoms with E-state index in [-0.39, 0.29) is 11.0 Å². The van der Waals surface area contributed by atoms with Crippen molar-refractivity contribution >= 4 is 5.95 Å². The predicted molar refractivity (Wildman–Crippen MR) is 113 cm³/mol. The fourth-order valence-electron chi connectivity index (χ4n) is 4.21. The van der Waals surface area contributed by atoms with Crippen LogP contribution in [0.2, 0.25) is 0 Å². The van der Waals surface area contributed by atoms with E-state index in [0.717, 1.165) is 36.1 Å². The molecule has 1 aromatic heterocycles. The maximum atomic E-state index is 13.6. The van der Waals surface area contributed by atoms with Gasteiger partial charge in [0.1, 0.15) is 0 Å². The SMILES string of the molecule is CC[C@]1(C)Cc2ccccc2-c2nc(NN)n(CCc3ccccc3)c(=O)c21. The van der Waals surface area contributed by atoms with Gasteiger partial charge >= 0.3 is 0 Å². The van der Waals surface area contributed by atoms with Crippen LogP contribution in [0.3, 0.4) is 0 Å². The molecule has 1 atom stereocenters. The van der Waals surface area contributed by atoms with Crippen molar-refractivity contribution in [2.24, 2.45) is 5.84 Å². The maximum absolute atomic E-state index is 13.6. The molecule has 1 heterocycles. The van der Waals surface area contributed by atoms with Gasteiger partial charge in [-0.2, -0.15) is 0 Å². The number of nitrogen functional groups attached to an aromatic ring is 1. The van der Waals surface area contributed by atoms with Gasteiger partial charge in [-0.05, 0) is 30.4 Å². The van der Waals surface area contributed by atoms with Gasteiger partial charge < -0.3 is 0 Å². The normalized spacial score (nSPS) is 17.7. The Hall–Kier alpha value is -2.92. The van der Waals surface area contributed by atoms with E-state index in [2.05, 4.69) is 37.5 Å². The Morgan fingerprint density at radius 2 is 1.86 bits per heavy atom. The highest BCUT2D eigenvalue weighted by molar-refractivity contribution is 5.72. The fourth-order valence-corrected chi connectivity index (χ4v) is 4.21. The molecule has 0 amide bonds. The van der Waals surface area contributed by atoms with Gasteiger partial charge in [0.05, 0.1) is 11.3 Å². The maximum Gasteiger partial charge on any atom is 0.259 e. The van der Waals surface area contributed by atoms with Gasteiger partial charge in [-0.15, -0.1) is 0 Å². The number of hydrogen-bond donors (Lipinski definition) is 2. The average Bonchev–Trinajstić information content (AvgIpc) is 2.73. The molecule has 0 bridgehead atoms. The van der Waals surface area contributed by atoms with E-state index in [0.29, 0.717) is 12.5 Å². The lowest BCUT2D eigenvalue weighted by molar-refractivity contribution is 0.434. The highest BCUT2D eigenvalue weighted by atomic mass is 16.1. The Balaban J connectivity index is 1.87. The molecule has 3 N–H and O–H groups in total. The van der Waals surface area contributed by atoms with E-state index in [4.69, 9.17) is 10.8 Å². The third kappa shape index (κ3) is 3.02. The Bertz CT molecular complexity index is 1060. The van der Waals surface area contributed by atoms with Crippen LogP contribution in [-0.4, -0.2) is 9.55 Å². The summed E-state index contributed by atoms with van der Waals surface area (Å²) < 4.78 is 1.69. The van der Waals surface area contributed by atoms with Crippen molar-refractivity contribution in [3.8, 4) is 11.3 Å². The second kappa shape index (κ2) is 7.24. The Morgan fingerprint density at radius 1 is 1.14 bits per heavy atom. The standard InChI is InChI=1S/C23H26N4O/c1-3-23(2)15-17-11-7-8-12-18(17)20-19(23)21(28)27(22(25-20)26-24)14-13-16-9-5-4-6-10-16/h4-12H,3,13-15,24H2,1-2H3,(H,25,26)/t23-/m1/s1. The van der Waals surface area contributed by atoms with Crippen LogP contribution in [-0.2, 0) is 24.8 Å². The minimum absolute atomic E-state index is 0.00716. The van der Waals surface area contributed by atoms with Crippen LogP contribution in [0.25, 0.3) is 11.3 Å². The van der Waals surface area contributed by atoms with Crippen molar-refractivity contribution in [1.82, 2.24) is 9.55 Å². The minimum atomic E-state index is -0.241. The minimum Gasteiger partial charge on any atom is -0.294 e. The van der Waals surface area contributed by atoms with E-state index in [1.54, 1.807) is 4.57 Å². The van der Waals surface area contributed by atoms with Crippen molar-refractivity contribution in [1.29, 1.82) is 0 Å². The number of nitrogens with two attached hydrogens (primary N) is 1.